The highest BCUT2D eigenvalue weighted by atomic mass is 19.1. The molecule has 8 nitrogen and oxygen atoms in total. The molecule has 0 aliphatic carbocycles. The van der Waals surface area contributed by atoms with E-state index in [2.05, 4.69) is 5.10 Å². The zero-order valence-corrected chi connectivity index (χ0v) is 16.0. The fraction of sp³-hybridized carbons (Fsp3) is 0.150. The first-order valence-corrected chi connectivity index (χ1v) is 8.73. The van der Waals surface area contributed by atoms with Crippen LogP contribution in [0.15, 0.2) is 53.3 Å². The van der Waals surface area contributed by atoms with Gasteiger partial charge in [0.2, 0.25) is 5.43 Å². The lowest BCUT2D eigenvalue weighted by atomic mass is 10.2. The van der Waals surface area contributed by atoms with Crippen molar-refractivity contribution in [3.05, 3.63) is 97.5 Å². The number of aryl methyl sites for hydroxylation is 1. The number of benzene rings is 2. The second-order valence-corrected chi connectivity index (χ2v) is 6.55. The number of hydrogen-bond donors (Lipinski definition) is 0. The van der Waals surface area contributed by atoms with Gasteiger partial charge in [0.15, 0.2) is 5.69 Å². The average molecular weight is 414 g/mol. The Hall–Kier alpha value is -3.95. The van der Waals surface area contributed by atoms with Crippen LogP contribution in [-0.4, -0.2) is 32.6 Å². The fourth-order valence-corrected chi connectivity index (χ4v) is 2.90. The zero-order valence-electron chi connectivity index (χ0n) is 16.0. The molecule has 3 aromatic rings. The summed E-state index contributed by atoms with van der Waals surface area (Å²) in [7, 11) is 1.33. The second-order valence-electron chi connectivity index (χ2n) is 6.55. The van der Waals surface area contributed by atoms with Crippen LogP contribution in [0.1, 0.15) is 21.7 Å². The van der Waals surface area contributed by atoms with E-state index in [0.29, 0.717) is 6.07 Å². The van der Waals surface area contributed by atoms with Crippen LogP contribution in [0.25, 0.3) is 5.69 Å². The molecule has 1 amide bonds. The summed E-state index contributed by atoms with van der Waals surface area (Å²) < 4.78 is 28.1. The molecule has 2 aromatic carbocycles. The standard InChI is InChI=1S/C20H16F2N4O4/c1-12-9-18(27)19(23-25(12)16-5-3-4-6-17(16)26(29)30)20(28)24(2)11-13-7-8-14(21)10-15(13)22/h3-10H,11H2,1-2H3. The quantitative estimate of drug-likeness (QED) is 0.472. The number of aromatic nitrogens is 2. The van der Waals surface area contributed by atoms with Crippen molar-refractivity contribution >= 4 is 11.6 Å². The number of nitro benzene ring substituents is 1. The molecule has 0 aliphatic rings. The highest BCUT2D eigenvalue weighted by molar-refractivity contribution is 5.91. The van der Waals surface area contributed by atoms with Crippen molar-refractivity contribution < 1.29 is 18.5 Å². The predicted octanol–water partition coefficient (Wildman–Crippen LogP) is 3.00. The molecule has 30 heavy (non-hydrogen) atoms. The van der Waals surface area contributed by atoms with Gasteiger partial charge < -0.3 is 4.90 Å². The minimum Gasteiger partial charge on any atom is -0.336 e. The van der Waals surface area contributed by atoms with E-state index in [1.54, 1.807) is 6.07 Å². The van der Waals surface area contributed by atoms with Gasteiger partial charge in [-0.2, -0.15) is 5.10 Å². The van der Waals surface area contributed by atoms with E-state index in [4.69, 9.17) is 0 Å². The van der Waals surface area contributed by atoms with Gasteiger partial charge in [-0.3, -0.25) is 19.7 Å². The summed E-state index contributed by atoms with van der Waals surface area (Å²) in [6.07, 6.45) is 0. The summed E-state index contributed by atoms with van der Waals surface area (Å²) in [4.78, 5) is 36.9. The van der Waals surface area contributed by atoms with E-state index in [-0.39, 0.29) is 29.2 Å². The first-order valence-electron chi connectivity index (χ1n) is 8.73. The lowest BCUT2D eigenvalue weighted by Gasteiger charge is -2.18. The van der Waals surface area contributed by atoms with Crippen molar-refractivity contribution in [3.8, 4) is 5.69 Å². The molecule has 0 fully saturated rings. The number of rotatable bonds is 5. The third-order valence-electron chi connectivity index (χ3n) is 4.39. The van der Waals surface area contributed by atoms with Crippen molar-refractivity contribution in [2.45, 2.75) is 13.5 Å². The molecule has 0 saturated carbocycles. The Labute approximate surface area is 169 Å². The molecule has 0 spiro atoms. The Morgan fingerprint density at radius 1 is 1.20 bits per heavy atom. The molecule has 0 bridgehead atoms. The smallest absolute Gasteiger partial charge is 0.294 e. The third kappa shape index (κ3) is 4.07. The number of hydrogen-bond acceptors (Lipinski definition) is 5. The Kier molecular flexibility index (Phi) is 5.67. The minimum absolute atomic E-state index is 0.0541. The summed E-state index contributed by atoms with van der Waals surface area (Å²) in [5.74, 6) is -2.39. The summed E-state index contributed by atoms with van der Waals surface area (Å²) >= 11 is 0. The number of nitro groups is 1. The molecular weight excluding hydrogens is 398 g/mol. The van der Waals surface area contributed by atoms with Gasteiger partial charge in [0, 0.05) is 43.0 Å². The van der Waals surface area contributed by atoms with Crippen molar-refractivity contribution in [1.82, 2.24) is 14.7 Å². The minimum atomic E-state index is -0.830. The van der Waals surface area contributed by atoms with Crippen molar-refractivity contribution in [2.75, 3.05) is 7.05 Å². The zero-order chi connectivity index (χ0) is 22.0. The van der Waals surface area contributed by atoms with E-state index in [0.717, 1.165) is 21.7 Å². The SMILES string of the molecule is Cc1cc(=O)c(C(=O)N(C)Cc2ccc(F)cc2F)nn1-c1ccccc1[N+](=O)[O-]. The van der Waals surface area contributed by atoms with Crippen LogP contribution < -0.4 is 5.43 Å². The van der Waals surface area contributed by atoms with Gasteiger partial charge >= 0.3 is 0 Å². The maximum absolute atomic E-state index is 13.9. The maximum atomic E-state index is 13.9. The molecule has 0 aliphatic heterocycles. The van der Waals surface area contributed by atoms with Crippen LogP contribution in [0.3, 0.4) is 0 Å². The van der Waals surface area contributed by atoms with Gasteiger partial charge in [0.1, 0.15) is 17.3 Å². The summed E-state index contributed by atoms with van der Waals surface area (Å²) in [6, 6.07) is 9.85. The predicted molar refractivity (Wildman–Crippen MR) is 103 cm³/mol. The number of para-hydroxylation sites is 2. The van der Waals surface area contributed by atoms with Crippen LogP contribution in [0.5, 0.6) is 0 Å². The van der Waals surface area contributed by atoms with Crippen LogP contribution >= 0.6 is 0 Å². The van der Waals surface area contributed by atoms with E-state index in [9.17, 15) is 28.5 Å². The van der Waals surface area contributed by atoms with Crippen molar-refractivity contribution in [3.63, 3.8) is 0 Å². The Morgan fingerprint density at radius 3 is 2.57 bits per heavy atom. The number of carbonyl (C=O) groups excluding carboxylic acids is 1. The van der Waals surface area contributed by atoms with Gasteiger partial charge in [0.25, 0.3) is 11.6 Å². The molecule has 0 saturated heterocycles. The highest BCUT2D eigenvalue weighted by Crippen LogP contribution is 2.22. The molecule has 0 N–H and O–H groups in total. The average Bonchev–Trinajstić information content (AvgIpc) is 2.69. The van der Waals surface area contributed by atoms with Crippen molar-refractivity contribution in [2.24, 2.45) is 0 Å². The van der Waals surface area contributed by atoms with E-state index in [1.165, 1.54) is 38.2 Å². The summed E-state index contributed by atoms with van der Waals surface area (Å²) in [5.41, 5.74) is -0.989. The van der Waals surface area contributed by atoms with Crippen LogP contribution in [0.2, 0.25) is 0 Å². The molecule has 10 heteroatoms. The number of carbonyl (C=O) groups is 1. The topological polar surface area (TPSA) is 98.3 Å². The second kappa shape index (κ2) is 8.19. The molecule has 1 aromatic heterocycles. The summed E-state index contributed by atoms with van der Waals surface area (Å²) in [5, 5.41) is 15.4. The molecule has 0 unspecified atom stereocenters. The lowest BCUT2D eigenvalue weighted by Crippen LogP contribution is -2.33. The summed E-state index contributed by atoms with van der Waals surface area (Å²) in [6.45, 7) is 1.29. The Bertz CT molecular complexity index is 1210. The monoisotopic (exact) mass is 414 g/mol. The van der Waals surface area contributed by atoms with Crippen LogP contribution in [0.4, 0.5) is 14.5 Å². The first kappa shape index (κ1) is 20.8. The molecule has 3 rings (SSSR count). The maximum Gasteiger partial charge on any atom is 0.294 e. The third-order valence-corrected chi connectivity index (χ3v) is 4.39. The van der Waals surface area contributed by atoms with Crippen molar-refractivity contribution in [1.29, 1.82) is 0 Å². The molecule has 0 radical (unpaired) electrons. The van der Waals surface area contributed by atoms with Gasteiger partial charge in [-0.1, -0.05) is 18.2 Å². The van der Waals surface area contributed by atoms with E-state index in [1.807, 2.05) is 0 Å². The normalized spacial score (nSPS) is 10.7. The van der Waals surface area contributed by atoms with Gasteiger partial charge in [-0.15, -0.1) is 0 Å². The van der Waals surface area contributed by atoms with Gasteiger partial charge in [-0.25, -0.2) is 13.5 Å². The van der Waals surface area contributed by atoms with E-state index < -0.39 is 33.6 Å². The lowest BCUT2D eigenvalue weighted by molar-refractivity contribution is -0.384. The highest BCUT2D eigenvalue weighted by Gasteiger charge is 2.22. The Balaban J connectivity index is 2.00. The number of amides is 1. The molecular formula is C20H16F2N4O4. The molecule has 1 heterocycles. The van der Waals surface area contributed by atoms with Crippen LogP contribution in [-0.2, 0) is 6.54 Å². The number of nitrogens with zero attached hydrogens (tertiary/aromatic N) is 4. The van der Waals surface area contributed by atoms with E-state index >= 15 is 0 Å². The fourth-order valence-electron chi connectivity index (χ4n) is 2.90. The molecule has 0 atom stereocenters. The largest absolute Gasteiger partial charge is 0.336 e. The first-order chi connectivity index (χ1) is 14.2. The van der Waals surface area contributed by atoms with Gasteiger partial charge in [0.05, 0.1) is 4.92 Å². The molecule has 154 valence electrons. The van der Waals surface area contributed by atoms with Crippen LogP contribution in [0, 0.1) is 28.7 Å². The van der Waals surface area contributed by atoms with Gasteiger partial charge in [-0.05, 0) is 19.1 Å². The Morgan fingerprint density at radius 2 is 1.90 bits per heavy atom. The number of halogens is 2.